The van der Waals surface area contributed by atoms with Crippen LogP contribution in [0.4, 0.5) is 0 Å². The highest BCUT2D eigenvalue weighted by Crippen LogP contribution is 2.21. The molecule has 0 aliphatic heterocycles. The Balaban J connectivity index is 3.04. The average molecular weight is 311 g/mol. The summed E-state index contributed by atoms with van der Waals surface area (Å²) in [5.74, 6) is -1.08. The van der Waals surface area contributed by atoms with Crippen molar-refractivity contribution in [2.75, 3.05) is 0 Å². The van der Waals surface area contributed by atoms with E-state index in [2.05, 4.69) is 4.72 Å². The minimum atomic E-state index is -3.64. The molecule has 0 amide bonds. The van der Waals surface area contributed by atoms with Gasteiger partial charge in [-0.2, -0.15) is 0 Å². The summed E-state index contributed by atoms with van der Waals surface area (Å²) in [6.07, 6.45) is 2.32. The number of hydrogen-bond acceptors (Lipinski definition) is 3. The van der Waals surface area contributed by atoms with Crippen molar-refractivity contribution in [1.29, 1.82) is 0 Å². The van der Waals surface area contributed by atoms with Gasteiger partial charge in [-0.25, -0.2) is 17.9 Å². The Morgan fingerprint density at radius 3 is 2.48 bits per heavy atom. The third-order valence-electron chi connectivity index (χ3n) is 3.22. The van der Waals surface area contributed by atoms with Gasteiger partial charge >= 0.3 is 5.97 Å². The first-order chi connectivity index (χ1) is 9.52. The van der Waals surface area contributed by atoms with Crippen molar-refractivity contribution in [2.45, 2.75) is 38.6 Å². The number of aliphatic carboxylic acids is 1. The van der Waals surface area contributed by atoms with Crippen molar-refractivity contribution in [2.24, 2.45) is 5.41 Å². The lowest BCUT2D eigenvalue weighted by atomic mass is 9.89. The average Bonchev–Trinajstić information content (AvgIpc) is 2.35. The molecule has 0 saturated heterocycles. The van der Waals surface area contributed by atoms with Crippen LogP contribution in [0.25, 0.3) is 6.08 Å². The van der Waals surface area contributed by atoms with Crippen LogP contribution in [0.1, 0.15) is 33.3 Å². The second-order valence-electron chi connectivity index (χ2n) is 5.95. The van der Waals surface area contributed by atoms with Gasteiger partial charge in [-0.3, -0.25) is 0 Å². The topological polar surface area (TPSA) is 83.5 Å². The molecule has 116 valence electrons. The highest BCUT2D eigenvalue weighted by molar-refractivity contribution is 7.89. The molecule has 0 aromatic heterocycles. The van der Waals surface area contributed by atoms with Crippen LogP contribution in [0.2, 0.25) is 0 Å². The Labute approximate surface area is 125 Å². The molecule has 6 heteroatoms. The van der Waals surface area contributed by atoms with Crippen LogP contribution in [-0.4, -0.2) is 25.5 Å². The van der Waals surface area contributed by atoms with Gasteiger partial charge in [0.15, 0.2) is 0 Å². The lowest BCUT2D eigenvalue weighted by Gasteiger charge is -2.27. The van der Waals surface area contributed by atoms with E-state index in [1.165, 1.54) is 18.2 Å². The van der Waals surface area contributed by atoms with Crippen LogP contribution in [-0.2, 0) is 14.8 Å². The van der Waals surface area contributed by atoms with E-state index in [0.717, 1.165) is 6.08 Å². The molecule has 21 heavy (non-hydrogen) atoms. The smallest absolute Gasteiger partial charge is 0.328 e. The summed E-state index contributed by atoms with van der Waals surface area (Å²) in [5, 5.41) is 8.60. The quantitative estimate of drug-likeness (QED) is 0.818. The zero-order chi connectivity index (χ0) is 16.3. The summed E-state index contributed by atoms with van der Waals surface area (Å²) >= 11 is 0. The highest BCUT2D eigenvalue weighted by Gasteiger charge is 2.25. The first-order valence-electron chi connectivity index (χ1n) is 6.56. The third-order valence-corrected chi connectivity index (χ3v) is 4.76. The molecule has 1 aromatic rings. The number of carbonyl (C=O) groups is 1. The summed E-state index contributed by atoms with van der Waals surface area (Å²) in [6.45, 7) is 7.66. The van der Waals surface area contributed by atoms with Crippen LogP contribution in [0.3, 0.4) is 0 Å². The van der Waals surface area contributed by atoms with Crippen LogP contribution in [0, 0.1) is 5.41 Å². The molecule has 2 N–H and O–H groups in total. The van der Waals surface area contributed by atoms with E-state index >= 15 is 0 Å². The van der Waals surface area contributed by atoms with Crippen molar-refractivity contribution in [1.82, 2.24) is 4.72 Å². The monoisotopic (exact) mass is 311 g/mol. The maximum absolute atomic E-state index is 12.3. The number of carboxylic acid groups (broad SMARTS) is 1. The zero-order valence-corrected chi connectivity index (χ0v) is 13.4. The number of hydrogen-bond donors (Lipinski definition) is 2. The Hall–Kier alpha value is -1.66. The largest absolute Gasteiger partial charge is 0.478 e. The van der Waals surface area contributed by atoms with Gasteiger partial charge in [0.1, 0.15) is 0 Å². The fraction of sp³-hybridized carbons (Fsp3) is 0.400. The summed E-state index contributed by atoms with van der Waals surface area (Å²) < 4.78 is 27.3. The van der Waals surface area contributed by atoms with E-state index < -0.39 is 16.0 Å². The second kappa shape index (κ2) is 6.41. The van der Waals surface area contributed by atoms with Gasteiger partial charge in [0.25, 0.3) is 0 Å². The van der Waals surface area contributed by atoms with Gasteiger partial charge in [-0.15, -0.1) is 0 Å². The Kier molecular flexibility index (Phi) is 5.31. The van der Waals surface area contributed by atoms with Gasteiger partial charge in [0.05, 0.1) is 4.90 Å². The molecule has 1 aromatic carbocycles. The van der Waals surface area contributed by atoms with Crippen LogP contribution in [0.15, 0.2) is 35.2 Å². The van der Waals surface area contributed by atoms with Crippen LogP contribution < -0.4 is 4.72 Å². The van der Waals surface area contributed by atoms with Crippen LogP contribution >= 0.6 is 0 Å². The summed E-state index contributed by atoms with van der Waals surface area (Å²) in [6, 6.07) is 5.91. The van der Waals surface area contributed by atoms with Gasteiger partial charge in [0.2, 0.25) is 10.0 Å². The van der Waals surface area contributed by atoms with Crippen molar-refractivity contribution in [3.05, 3.63) is 35.9 Å². The van der Waals surface area contributed by atoms with E-state index in [4.69, 9.17) is 5.11 Å². The molecule has 0 saturated carbocycles. The summed E-state index contributed by atoms with van der Waals surface area (Å²) in [4.78, 5) is 10.6. The summed E-state index contributed by atoms with van der Waals surface area (Å²) in [7, 11) is -3.64. The fourth-order valence-corrected chi connectivity index (χ4v) is 2.93. The second-order valence-corrected chi connectivity index (χ2v) is 7.67. The fourth-order valence-electron chi connectivity index (χ4n) is 1.43. The molecular weight excluding hydrogens is 290 g/mol. The van der Waals surface area contributed by atoms with Crippen LogP contribution in [0.5, 0.6) is 0 Å². The van der Waals surface area contributed by atoms with Crippen molar-refractivity contribution in [3.8, 4) is 0 Å². The van der Waals surface area contributed by atoms with Crippen molar-refractivity contribution < 1.29 is 18.3 Å². The first-order valence-corrected chi connectivity index (χ1v) is 8.04. The molecule has 0 fully saturated rings. The standard InChI is InChI=1S/C15H21NO4S/c1-11(15(2,3)4)16-21(19,20)13-7-5-6-12(10-13)8-9-14(17)18/h5-11,16H,1-4H3,(H,17,18)/b9-8+. The maximum atomic E-state index is 12.3. The molecule has 1 atom stereocenters. The summed E-state index contributed by atoms with van der Waals surface area (Å²) in [5.41, 5.74) is 0.317. The molecule has 0 spiro atoms. The molecule has 0 radical (unpaired) electrons. The van der Waals surface area contributed by atoms with Crippen molar-refractivity contribution >= 4 is 22.1 Å². The number of benzene rings is 1. The lowest BCUT2D eigenvalue weighted by molar-refractivity contribution is -0.131. The Bertz CT molecular complexity index is 642. The molecule has 5 nitrogen and oxygen atoms in total. The van der Waals surface area contributed by atoms with E-state index in [0.29, 0.717) is 5.56 Å². The predicted octanol–water partition coefficient (Wildman–Crippen LogP) is 2.50. The van der Waals surface area contributed by atoms with E-state index in [1.54, 1.807) is 12.1 Å². The zero-order valence-electron chi connectivity index (χ0n) is 12.6. The number of nitrogens with one attached hydrogen (secondary N) is 1. The predicted molar refractivity (Wildman–Crippen MR) is 82.4 cm³/mol. The van der Waals surface area contributed by atoms with E-state index in [1.807, 2.05) is 27.7 Å². The van der Waals surface area contributed by atoms with Gasteiger partial charge in [-0.1, -0.05) is 32.9 Å². The van der Waals surface area contributed by atoms with Gasteiger partial charge in [-0.05, 0) is 36.1 Å². The minimum absolute atomic E-state index is 0.117. The number of sulfonamides is 1. The molecular formula is C15H21NO4S. The number of carboxylic acids is 1. The Morgan fingerprint density at radius 1 is 1.33 bits per heavy atom. The van der Waals surface area contributed by atoms with Gasteiger partial charge in [0, 0.05) is 12.1 Å². The molecule has 1 unspecified atom stereocenters. The normalized spacial score (nSPS) is 14.3. The van der Waals surface area contributed by atoms with Crippen molar-refractivity contribution in [3.63, 3.8) is 0 Å². The minimum Gasteiger partial charge on any atom is -0.478 e. The first kappa shape index (κ1) is 17.4. The molecule has 0 heterocycles. The Morgan fingerprint density at radius 2 is 1.95 bits per heavy atom. The van der Waals surface area contributed by atoms with Gasteiger partial charge < -0.3 is 5.11 Å². The maximum Gasteiger partial charge on any atom is 0.328 e. The molecule has 0 aliphatic rings. The number of rotatable bonds is 5. The lowest BCUT2D eigenvalue weighted by Crippen LogP contribution is -2.41. The van der Waals surface area contributed by atoms with E-state index in [-0.39, 0.29) is 16.4 Å². The SMILES string of the molecule is CC(NS(=O)(=O)c1cccc(/C=C/C(=O)O)c1)C(C)(C)C. The molecule has 0 aliphatic carbocycles. The third kappa shape index (κ3) is 5.32. The molecule has 0 bridgehead atoms. The molecule has 1 rings (SSSR count). The highest BCUT2D eigenvalue weighted by atomic mass is 32.2. The van der Waals surface area contributed by atoms with E-state index in [9.17, 15) is 13.2 Å².